The molecule has 0 radical (unpaired) electrons. The van der Waals surface area contributed by atoms with Gasteiger partial charge in [0.05, 0.1) is 0 Å². The van der Waals surface area contributed by atoms with E-state index < -0.39 is 0 Å². The summed E-state index contributed by atoms with van der Waals surface area (Å²) < 4.78 is 5.17. The summed E-state index contributed by atoms with van der Waals surface area (Å²) in [6.45, 7) is 1.55. The van der Waals surface area contributed by atoms with Gasteiger partial charge in [0.1, 0.15) is 0 Å². The van der Waals surface area contributed by atoms with Gasteiger partial charge in [-0.1, -0.05) is 24.6 Å². The minimum Gasteiger partial charge on any atom is -0.399 e. The number of carbonyl (C=O) groups excluding carboxylic acids is 1. The highest BCUT2D eigenvalue weighted by atomic mass is 16.5. The lowest BCUT2D eigenvalue weighted by Gasteiger charge is -2.42. The first-order chi connectivity index (χ1) is 10.2. The van der Waals surface area contributed by atoms with Crippen LogP contribution in [0, 0.1) is 5.41 Å². The average molecular weight is 290 g/mol. The molecule has 0 aliphatic heterocycles. The number of ether oxygens (including phenoxy) is 1. The Labute approximate surface area is 127 Å². The number of rotatable bonds is 8. The predicted molar refractivity (Wildman–Crippen MR) is 85.0 cm³/mol. The first kappa shape index (κ1) is 15.8. The smallest absolute Gasteiger partial charge is 0.220 e. The topological polar surface area (TPSA) is 64.3 Å². The van der Waals surface area contributed by atoms with E-state index in [-0.39, 0.29) is 11.3 Å². The van der Waals surface area contributed by atoms with Crippen LogP contribution in [0.2, 0.25) is 0 Å². The number of nitrogens with one attached hydrogen (secondary N) is 1. The molecule has 0 aromatic heterocycles. The molecule has 0 spiro atoms. The first-order valence-electron chi connectivity index (χ1n) is 7.74. The summed E-state index contributed by atoms with van der Waals surface area (Å²) in [4.78, 5) is 12.0. The molecule has 1 aromatic rings. The van der Waals surface area contributed by atoms with Crippen LogP contribution in [-0.2, 0) is 16.0 Å². The zero-order valence-corrected chi connectivity index (χ0v) is 12.9. The summed E-state index contributed by atoms with van der Waals surface area (Å²) in [6, 6.07) is 7.72. The zero-order valence-electron chi connectivity index (χ0n) is 12.9. The Morgan fingerprint density at radius 2 is 2.14 bits per heavy atom. The summed E-state index contributed by atoms with van der Waals surface area (Å²) in [7, 11) is 1.73. The molecule has 116 valence electrons. The van der Waals surface area contributed by atoms with Gasteiger partial charge in [-0.05, 0) is 42.7 Å². The fourth-order valence-electron chi connectivity index (χ4n) is 2.90. The largest absolute Gasteiger partial charge is 0.399 e. The number of para-hydroxylation sites is 1. The van der Waals surface area contributed by atoms with Crippen LogP contribution >= 0.6 is 0 Å². The lowest BCUT2D eigenvalue weighted by Crippen LogP contribution is -2.42. The van der Waals surface area contributed by atoms with Gasteiger partial charge in [-0.2, -0.15) is 0 Å². The standard InChI is InChI=1S/C17H26N2O2/c1-21-12-11-17(9-4-10-17)13-19-16(20)8-7-14-5-2-3-6-15(14)18/h2-3,5-6H,4,7-13,18H2,1H3,(H,19,20). The lowest BCUT2D eigenvalue weighted by atomic mass is 9.67. The molecular formula is C17H26N2O2. The molecule has 2 rings (SSSR count). The molecule has 0 bridgehead atoms. The summed E-state index contributed by atoms with van der Waals surface area (Å²) >= 11 is 0. The van der Waals surface area contributed by atoms with Crippen molar-refractivity contribution < 1.29 is 9.53 Å². The van der Waals surface area contributed by atoms with E-state index in [1.54, 1.807) is 7.11 Å². The maximum atomic E-state index is 12.0. The Morgan fingerprint density at radius 1 is 1.38 bits per heavy atom. The third-order valence-corrected chi connectivity index (χ3v) is 4.59. The molecule has 0 atom stereocenters. The second-order valence-corrected chi connectivity index (χ2v) is 6.07. The second-order valence-electron chi connectivity index (χ2n) is 6.07. The molecule has 1 saturated carbocycles. The monoisotopic (exact) mass is 290 g/mol. The number of amides is 1. The van der Waals surface area contributed by atoms with Crippen molar-refractivity contribution in [2.24, 2.45) is 5.41 Å². The van der Waals surface area contributed by atoms with Gasteiger partial charge >= 0.3 is 0 Å². The Bertz CT molecular complexity index is 470. The summed E-state index contributed by atoms with van der Waals surface area (Å²) in [5.41, 5.74) is 7.98. The highest BCUT2D eigenvalue weighted by Crippen LogP contribution is 2.43. The molecule has 1 aliphatic carbocycles. The van der Waals surface area contributed by atoms with Gasteiger partial charge in [0.25, 0.3) is 0 Å². The van der Waals surface area contributed by atoms with Crippen molar-refractivity contribution in [2.75, 3.05) is 26.0 Å². The van der Waals surface area contributed by atoms with Crippen LogP contribution in [0.5, 0.6) is 0 Å². The molecule has 21 heavy (non-hydrogen) atoms. The van der Waals surface area contributed by atoms with Gasteiger partial charge in [0, 0.05) is 32.4 Å². The number of aryl methyl sites for hydroxylation is 1. The van der Waals surface area contributed by atoms with Crippen LogP contribution in [-0.4, -0.2) is 26.2 Å². The van der Waals surface area contributed by atoms with Crippen molar-refractivity contribution in [3.05, 3.63) is 29.8 Å². The fourth-order valence-corrected chi connectivity index (χ4v) is 2.90. The third kappa shape index (κ3) is 4.46. The predicted octanol–water partition coefficient (Wildman–Crippen LogP) is 2.52. The summed E-state index contributed by atoms with van der Waals surface area (Å²) in [5.74, 6) is 0.113. The van der Waals surface area contributed by atoms with Crippen LogP contribution in [0.3, 0.4) is 0 Å². The van der Waals surface area contributed by atoms with E-state index in [4.69, 9.17) is 10.5 Å². The van der Waals surface area contributed by atoms with E-state index in [0.717, 1.165) is 30.8 Å². The third-order valence-electron chi connectivity index (χ3n) is 4.59. The van der Waals surface area contributed by atoms with Gasteiger partial charge in [-0.25, -0.2) is 0 Å². The van der Waals surface area contributed by atoms with Gasteiger partial charge in [0.2, 0.25) is 5.91 Å². The normalized spacial score (nSPS) is 16.2. The fraction of sp³-hybridized carbons (Fsp3) is 0.588. The maximum absolute atomic E-state index is 12.0. The van der Waals surface area contributed by atoms with Crippen molar-refractivity contribution in [1.82, 2.24) is 5.32 Å². The van der Waals surface area contributed by atoms with Gasteiger partial charge in [-0.15, -0.1) is 0 Å². The van der Waals surface area contributed by atoms with Crippen molar-refractivity contribution >= 4 is 11.6 Å². The Hall–Kier alpha value is -1.55. The average Bonchev–Trinajstić information content (AvgIpc) is 2.45. The highest BCUT2D eigenvalue weighted by molar-refractivity contribution is 5.76. The minimum absolute atomic E-state index is 0.113. The van der Waals surface area contributed by atoms with E-state index in [9.17, 15) is 4.79 Å². The SMILES string of the molecule is COCCC1(CNC(=O)CCc2ccccc2N)CCC1. The number of benzene rings is 1. The number of carbonyl (C=O) groups is 1. The van der Waals surface area contributed by atoms with Crippen LogP contribution in [0.1, 0.15) is 37.7 Å². The molecule has 3 N–H and O–H groups in total. The Kier molecular flexibility index (Phi) is 5.62. The summed E-state index contributed by atoms with van der Waals surface area (Å²) in [5, 5.41) is 3.09. The van der Waals surface area contributed by atoms with E-state index in [1.807, 2.05) is 24.3 Å². The van der Waals surface area contributed by atoms with Crippen LogP contribution in [0.4, 0.5) is 5.69 Å². The van der Waals surface area contributed by atoms with Crippen LogP contribution in [0.15, 0.2) is 24.3 Å². The highest BCUT2D eigenvalue weighted by Gasteiger charge is 2.36. The van der Waals surface area contributed by atoms with Gasteiger partial charge < -0.3 is 15.8 Å². The lowest BCUT2D eigenvalue weighted by molar-refractivity contribution is -0.122. The number of anilines is 1. The maximum Gasteiger partial charge on any atom is 0.220 e. The Morgan fingerprint density at radius 3 is 2.76 bits per heavy atom. The number of nitrogen functional groups attached to an aromatic ring is 1. The van der Waals surface area contributed by atoms with Crippen molar-refractivity contribution in [1.29, 1.82) is 0 Å². The quantitative estimate of drug-likeness (QED) is 0.723. The van der Waals surface area contributed by atoms with Crippen molar-refractivity contribution in [3.63, 3.8) is 0 Å². The molecule has 1 aromatic carbocycles. The molecular weight excluding hydrogens is 264 g/mol. The molecule has 0 saturated heterocycles. The van der Waals surface area contributed by atoms with Crippen molar-refractivity contribution in [2.45, 2.75) is 38.5 Å². The molecule has 0 heterocycles. The molecule has 1 fully saturated rings. The van der Waals surface area contributed by atoms with E-state index in [1.165, 1.54) is 19.3 Å². The van der Waals surface area contributed by atoms with Crippen LogP contribution in [0.25, 0.3) is 0 Å². The van der Waals surface area contributed by atoms with E-state index in [0.29, 0.717) is 12.8 Å². The molecule has 1 aliphatic rings. The van der Waals surface area contributed by atoms with E-state index >= 15 is 0 Å². The van der Waals surface area contributed by atoms with Gasteiger partial charge in [-0.3, -0.25) is 4.79 Å². The molecule has 4 heteroatoms. The molecule has 0 unspecified atom stereocenters. The minimum atomic E-state index is 0.113. The second kappa shape index (κ2) is 7.46. The summed E-state index contributed by atoms with van der Waals surface area (Å²) in [6.07, 6.45) is 5.89. The van der Waals surface area contributed by atoms with Crippen molar-refractivity contribution in [3.8, 4) is 0 Å². The van der Waals surface area contributed by atoms with Gasteiger partial charge in [0.15, 0.2) is 0 Å². The zero-order chi connectivity index (χ0) is 15.1. The number of hydrogen-bond donors (Lipinski definition) is 2. The number of hydrogen-bond acceptors (Lipinski definition) is 3. The molecule has 1 amide bonds. The molecule has 4 nitrogen and oxygen atoms in total. The first-order valence-corrected chi connectivity index (χ1v) is 7.74. The van der Waals surface area contributed by atoms with E-state index in [2.05, 4.69) is 5.32 Å². The number of nitrogens with two attached hydrogens (primary N) is 1. The number of methoxy groups -OCH3 is 1. The van der Waals surface area contributed by atoms with Crippen LogP contribution < -0.4 is 11.1 Å². The Balaban J connectivity index is 1.73.